The molecule has 0 aliphatic carbocycles. The molecule has 3 rings (SSSR count). The van der Waals surface area contributed by atoms with E-state index in [0.717, 1.165) is 10.0 Å². The van der Waals surface area contributed by atoms with Crippen molar-refractivity contribution in [1.82, 2.24) is 9.88 Å². The van der Waals surface area contributed by atoms with Crippen molar-refractivity contribution in [3.63, 3.8) is 0 Å². The van der Waals surface area contributed by atoms with Crippen molar-refractivity contribution >= 4 is 35.0 Å². The van der Waals surface area contributed by atoms with E-state index in [1.165, 1.54) is 28.0 Å². The van der Waals surface area contributed by atoms with E-state index in [1.807, 2.05) is 19.2 Å². The number of hydrogen-bond donors (Lipinski definition) is 1. The normalized spacial score (nSPS) is 27.4. The van der Waals surface area contributed by atoms with E-state index in [-0.39, 0.29) is 53.1 Å². The molecule has 6 nitrogen and oxygen atoms in total. The molecular formula is C14H15N2NaO4S2. The minimum atomic E-state index is -1.36. The van der Waals surface area contributed by atoms with Crippen molar-refractivity contribution in [2.24, 2.45) is 11.8 Å². The Hall–Kier alpha value is -0.380. The monoisotopic (exact) mass is 362 g/mol. The first-order valence-corrected chi connectivity index (χ1v) is 8.59. The average molecular weight is 362 g/mol. The minimum absolute atomic E-state index is 0. The third kappa shape index (κ3) is 3.01. The number of rotatable bonds is 4. The van der Waals surface area contributed by atoms with Crippen LogP contribution in [0.25, 0.3) is 0 Å². The average Bonchev–Trinajstić information content (AvgIpc) is 2.92. The van der Waals surface area contributed by atoms with Gasteiger partial charge in [-0.2, -0.15) is 0 Å². The molecule has 1 unspecified atom stereocenters. The predicted octanol–water partition coefficient (Wildman–Crippen LogP) is -2.63. The number of aliphatic hydroxyl groups is 1. The summed E-state index contributed by atoms with van der Waals surface area (Å²) in [5.74, 6) is -2.43. The van der Waals surface area contributed by atoms with Gasteiger partial charge in [0.15, 0.2) is 4.34 Å². The smallest absolute Gasteiger partial charge is 0.543 e. The zero-order valence-electron chi connectivity index (χ0n) is 13.3. The molecule has 9 heteroatoms. The topological polar surface area (TPSA) is 93.6 Å². The first-order valence-electron chi connectivity index (χ1n) is 6.89. The summed E-state index contributed by atoms with van der Waals surface area (Å²) in [7, 11) is 0. The molecule has 2 aliphatic heterocycles. The van der Waals surface area contributed by atoms with Crippen LogP contribution in [-0.4, -0.2) is 39.0 Å². The SMILES string of the molecule is Cc1csc(SC2=C(C(=O)[O-])N3C(=O)[C@H]([C@@H](C)O)C3[C@H]2C)n1.[Na+]. The summed E-state index contributed by atoms with van der Waals surface area (Å²) in [6.07, 6.45) is -0.800. The van der Waals surface area contributed by atoms with Gasteiger partial charge in [0.25, 0.3) is 0 Å². The number of nitrogens with zero attached hydrogens (tertiary/aromatic N) is 2. The Morgan fingerprint density at radius 2 is 2.22 bits per heavy atom. The standard InChI is InChI=1S/C14H16N2O4S2.Na/c1-5-4-21-14(15-5)22-11-6(2)9-8(7(3)17)12(18)16(9)10(11)13(19)20;/h4,6-9,17H,1-3H3,(H,19,20);/q;+1/p-1/t6-,7-,8-,9?;/m1./s1. The maximum absolute atomic E-state index is 12.2. The van der Waals surface area contributed by atoms with Gasteiger partial charge < -0.3 is 19.9 Å². The van der Waals surface area contributed by atoms with Crippen LogP contribution in [0.1, 0.15) is 19.5 Å². The number of thiazole rings is 1. The molecule has 3 heterocycles. The van der Waals surface area contributed by atoms with E-state index in [0.29, 0.717) is 4.91 Å². The molecule has 1 N–H and O–H groups in total. The molecule has 1 amide bonds. The number of hydrogen-bond acceptors (Lipinski definition) is 7. The van der Waals surface area contributed by atoms with Crippen molar-refractivity contribution in [3.05, 3.63) is 21.7 Å². The summed E-state index contributed by atoms with van der Waals surface area (Å²) in [6.45, 7) is 5.30. The maximum Gasteiger partial charge on any atom is 1.00 e. The van der Waals surface area contributed by atoms with Crippen LogP contribution in [0.4, 0.5) is 0 Å². The Balaban J connectivity index is 0.00000192. The van der Waals surface area contributed by atoms with Crippen LogP contribution in [0.2, 0.25) is 0 Å². The molecule has 1 saturated heterocycles. The van der Waals surface area contributed by atoms with Gasteiger partial charge in [-0.15, -0.1) is 11.3 Å². The van der Waals surface area contributed by atoms with E-state index in [9.17, 15) is 19.8 Å². The Kier molecular flexibility index (Phi) is 5.65. The molecule has 4 atom stereocenters. The van der Waals surface area contributed by atoms with Crippen LogP contribution in [-0.2, 0) is 9.59 Å². The molecule has 23 heavy (non-hydrogen) atoms. The Labute approximate surface area is 164 Å². The van der Waals surface area contributed by atoms with E-state index in [2.05, 4.69) is 4.98 Å². The van der Waals surface area contributed by atoms with E-state index in [1.54, 1.807) is 6.92 Å². The van der Waals surface area contributed by atoms with Crippen molar-refractivity contribution in [2.75, 3.05) is 0 Å². The first kappa shape index (κ1) is 19.0. The van der Waals surface area contributed by atoms with Crippen molar-refractivity contribution < 1.29 is 49.4 Å². The van der Waals surface area contributed by atoms with Crippen molar-refractivity contribution in [1.29, 1.82) is 0 Å². The van der Waals surface area contributed by atoms with Crippen LogP contribution in [0, 0.1) is 18.8 Å². The zero-order valence-corrected chi connectivity index (χ0v) is 16.9. The molecule has 0 bridgehead atoms. The van der Waals surface area contributed by atoms with Gasteiger partial charge in [0.2, 0.25) is 5.91 Å². The van der Waals surface area contributed by atoms with Crippen LogP contribution >= 0.6 is 23.1 Å². The molecule has 0 saturated carbocycles. The molecule has 1 aromatic heterocycles. The van der Waals surface area contributed by atoms with Gasteiger partial charge >= 0.3 is 29.6 Å². The fraction of sp³-hybridized carbons (Fsp3) is 0.500. The quantitative estimate of drug-likeness (QED) is 0.465. The van der Waals surface area contributed by atoms with Gasteiger partial charge in [-0.25, -0.2) is 4.98 Å². The second-order valence-corrected chi connectivity index (χ2v) is 7.76. The largest absolute Gasteiger partial charge is 1.00 e. The third-order valence-electron chi connectivity index (χ3n) is 4.10. The van der Waals surface area contributed by atoms with E-state index >= 15 is 0 Å². The molecule has 0 aromatic carbocycles. The Bertz CT molecular complexity index is 688. The molecule has 1 aromatic rings. The zero-order chi connectivity index (χ0) is 16.2. The van der Waals surface area contributed by atoms with E-state index < -0.39 is 18.0 Å². The number of carboxylic acids is 1. The Morgan fingerprint density at radius 1 is 1.57 bits per heavy atom. The van der Waals surface area contributed by atoms with Gasteiger partial charge in [-0.1, -0.05) is 18.7 Å². The number of thioether (sulfide) groups is 1. The number of carboxylic acid groups (broad SMARTS) is 1. The molecule has 118 valence electrons. The van der Waals surface area contributed by atoms with Gasteiger partial charge in [0, 0.05) is 21.9 Å². The number of amides is 1. The minimum Gasteiger partial charge on any atom is -0.543 e. The fourth-order valence-corrected chi connectivity index (χ4v) is 5.23. The van der Waals surface area contributed by atoms with Gasteiger partial charge in [0.05, 0.1) is 29.7 Å². The number of carbonyl (C=O) groups excluding carboxylic acids is 2. The second-order valence-electron chi connectivity index (χ2n) is 5.61. The predicted molar refractivity (Wildman–Crippen MR) is 79.7 cm³/mol. The summed E-state index contributed by atoms with van der Waals surface area (Å²) in [5.41, 5.74) is 0.798. The third-order valence-corrected chi connectivity index (χ3v) is 6.44. The van der Waals surface area contributed by atoms with Gasteiger partial charge in [-0.05, 0) is 13.8 Å². The number of aromatic nitrogens is 1. The maximum atomic E-state index is 12.2. The number of aliphatic hydroxyl groups excluding tert-OH is 1. The second kappa shape index (κ2) is 6.85. The molecule has 2 aliphatic rings. The van der Waals surface area contributed by atoms with E-state index in [4.69, 9.17) is 0 Å². The number of carbonyl (C=O) groups is 2. The number of β-lactam (4-membered cyclic amide) rings is 1. The molecular weight excluding hydrogens is 347 g/mol. The van der Waals surface area contributed by atoms with Crippen LogP contribution < -0.4 is 34.7 Å². The summed E-state index contributed by atoms with van der Waals surface area (Å²) in [5, 5.41) is 23.2. The van der Waals surface area contributed by atoms with Crippen molar-refractivity contribution in [3.8, 4) is 0 Å². The number of fused-ring (bicyclic) bond motifs is 1. The summed E-state index contributed by atoms with van der Waals surface area (Å²) in [6, 6.07) is -0.316. The van der Waals surface area contributed by atoms with Crippen LogP contribution in [0.15, 0.2) is 20.3 Å². The molecule has 1 fully saturated rings. The Morgan fingerprint density at radius 3 is 2.70 bits per heavy atom. The molecule has 0 radical (unpaired) electrons. The van der Waals surface area contributed by atoms with Crippen LogP contribution in [0.3, 0.4) is 0 Å². The van der Waals surface area contributed by atoms with Gasteiger partial charge in [0.1, 0.15) is 0 Å². The van der Waals surface area contributed by atoms with Gasteiger partial charge in [-0.3, -0.25) is 4.79 Å². The van der Waals surface area contributed by atoms with Crippen molar-refractivity contribution in [2.45, 2.75) is 37.3 Å². The molecule has 0 spiro atoms. The summed E-state index contributed by atoms with van der Waals surface area (Å²) >= 11 is 2.71. The number of aliphatic carboxylic acids is 1. The number of aryl methyl sites for hydroxylation is 1. The first-order chi connectivity index (χ1) is 10.3. The fourth-order valence-electron chi connectivity index (χ4n) is 3.12. The van der Waals surface area contributed by atoms with Crippen LogP contribution in [0.5, 0.6) is 0 Å². The summed E-state index contributed by atoms with van der Waals surface area (Å²) in [4.78, 5) is 29.8. The summed E-state index contributed by atoms with van der Waals surface area (Å²) < 4.78 is 0.738.